The largest absolute Gasteiger partial charge is 0.462 e. The van der Waals surface area contributed by atoms with Gasteiger partial charge in [0.15, 0.2) is 6.10 Å². The molecule has 0 bridgehead atoms. The first-order valence-electron chi connectivity index (χ1n) is 37.5. The van der Waals surface area contributed by atoms with Gasteiger partial charge in [0.2, 0.25) is 0 Å². The van der Waals surface area contributed by atoms with Crippen LogP contribution in [0, 0.1) is 0 Å². The zero-order chi connectivity index (χ0) is 58.5. The standard InChI is InChI=1S/C75H146O6/c1-4-7-10-13-16-19-22-25-28-31-34-37-40-43-46-49-52-55-58-61-64-67-73(76)79-70-72(81-75(78)69-66-63-60-57-54-51-48-45-42-39-36-33-30-27-24-21-18-15-12-9-6-3)71-80-74(77)68-65-62-59-56-53-50-47-44-41-38-35-32-29-26-23-20-17-14-11-8-5-2/h72H,4-71H2,1-3H3. The van der Waals surface area contributed by atoms with E-state index in [0.29, 0.717) is 19.3 Å². The molecule has 6 heteroatoms. The van der Waals surface area contributed by atoms with E-state index in [9.17, 15) is 14.4 Å². The molecule has 0 aliphatic rings. The van der Waals surface area contributed by atoms with E-state index in [-0.39, 0.29) is 31.1 Å². The van der Waals surface area contributed by atoms with Crippen molar-refractivity contribution in [1.82, 2.24) is 0 Å². The second-order valence-electron chi connectivity index (χ2n) is 25.9. The average molecular weight is 1140 g/mol. The normalized spacial score (nSPS) is 11.6. The molecule has 0 saturated heterocycles. The lowest BCUT2D eigenvalue weighted by Gasteiger charge is -2.18. The first kappa shape index (κ1) is 79.4. The molecule has 0 spiro atoms. The Balaban J connectivity index is 4.26. The predicted molar refractivity (Wildman–Crippen MR) is 354 cm³/mol. The summed E-state index contributed by atoms with van der Waals surface area (Å²) in [7, 11) is 0. The van der Waals surface area contributed by atoms with Crippen LogP contribution in [-0.2, 0) is 28.6 Å². The highest BCUT2D eigenvalue weighted by Crippen LogP contribution is 2.20. The van der Waals surface area contributed by atoms with Gasteiger partial charge in [0.05, 0.1) is 0 Å². The van der Waals surface area contributed by atoms with E-state index in [2.05, 4.69) is 20.8 Å². The second-order valence-corrected chi connectivity index (χ2v) is 25.9. The van der Waals surface area contributed by atoms with Crippen LogP contribution < -0.4 is 0 Å². The van der Waals surface area contributed by atoms with Crippen molar-refractivity contribution >= 4 is 17.9 Å². The van der Waals surface area contributed by atoms with Crippen molar-refractivity contribution in [2.75, 3.05) is 13.2 Å². The number of esters is 3. The molecule has 6 nitrogen and oxygen atoms in total. The molecule has 0 aromatic rings. The Hall–Kier alpha value is -1.59. The fraction of sp³-hybridized carbons (Fsp3) is 0.960. The molecule has 0 fully saturated rings. The van der Waals surface area contributed by atoms with Crippen LogP contribution in [0.5, 0.6) is 0 Å². The Morgan fingerprint density at radius 3 is 0.494 bits per heavy atom. The molecule has 0 aliphatic carbocycles. The van der Waals surface area contributed by atoms with Crippen molar-refractivity contribution in [2.24, 2.45) is 0 Å². The molecular weight excluding hydrogens is 997 g/mol. The molecule has 0 aromatic carbocycles. The minimum atomic E-state index is -0.764. The monoisotopic (exact) mass is 1140 g/mol. The maximum absolute atomic E-state index is 13.0. The van der Waals surface area contributed by atoms with Crippen LogP contribution in [-0.4, -0.2) is 37.2 Å². The molecule has 482 valence electrons. The quantitative estimate of drug-likeness (QED) is 0.0343. The van der Waals surface area contributed by atoms with Gasteiger partial charge in [-0.05, 0) is 19.3 Å². The number of hydrogen-bond donors (Lipinski definition) is 0. The summed E-state index contributed by atoms with van der Waals surface area (Å²) in [5.41, 5.74) is 0. The Labute approximate surface area is 508 Å². The summed E-state index contributed by atoms with van der Waals surface area (Å²) in [6.45, 7) is 6.76. The SMILES string of the molecule is CCCCCCCCCCCCCCCCCCCCCCCC(=O)OCC(COC(=O)CCCCCCCCCCCCCCCCCCCCCCC)OC(=O)CCCCCCCCCCCCCCCCCCCCCCC. The summed E-state index contributed by atoms with van der Waals surface area (Å²) in [6.07, 6.45) is 84.3. The van der Waals surface area contributed by atoms with Crippen molar-refractivity contribution in [3.8, 4) is 0 Å². The molecule has 0 unspecified atom stereocenters. The summed E-state index contributed by atoms with van der Waals surface area (Å²) in [4.78, 5) is 38.6. The topological polar surface area (TPSA) is 78.9 Å². The van der Waals surface area contributed by atoms with Crippen molar-refractivity contribution in [2.45, 2.75) is 451 Å². The van der Waals surface area contributed by atoms with Crippen LogP contribution in [0.3, 0.4) is 0 Å². The molecule has 0 heterocycles. The van der Waals surface area contributed by atoms with E-state index in [1.54, 1.807) is 0 Å². The minimum Gasteiger partial charge on any atom is -0.462 e. The smallest absolute Gasteiger partial charge is 0.306 e. The molecule has 0 saturated carbocycles. The van der Waals surface area contributed by atoms with Gasteiger partial charge in [0.25, 0.3) is 0 Å². The van der Waals surface area contributed by atoms with Crippen LogP contribution in [0.1, 0.15) is 445 Å². The van der Waals surface area contributed by atoms with Gasteiger partial charge in [0.1, 0.15) is 13.2 Å². The minimum absolute atomic E-state index is 0.0597. The van der Waals surface area contributed by atoms with E-state index >= 15 is 0 Å². The molecule has 0 radical (unpaired) electrons. The number of ether oxygens (including phenoxy) is 3. The molecular formula is C75H146O6. The molecule has 0 rings (SSSR count). The maximum atomic E-state index is 13.0. The van der Waals surface area contributed by atoms with Gasteiger partial charge in [0, 0.05) is 19.3 Å². The highest BCUT2D eigenvalue weighted by atomic mass is 16.6. The summed E-state index contributed by atoms with van der Waals surface area (Å²) < 4.78 is 17.1. The Kier molecular flexibility index (Phi) is 69.5. The zero-order valence-electron chi connectivity index (χ0n) is 55.6. The van der Waals surface area contributed by atoms with Crippen molar-refractivity contribution in [3.05, 3.63) is 0 Å². The number of carbonyl (C=O) groups excluding carboxylic acids is 3. The van der Waals surface area contributed by atoms with Crippen LogP contribution >= 0.6 is 0 Å². The van der Waals surface area contributed by atoms with Crippen LogP contribution in [0.15, 0.2) is 0 Å². The summed E-state index contributed by atoms with van der Waals surface area (Å²) in [5.74, 6) is -0.813. The number of rotatable bonds is 71. The van der Waals surface area contributed by atoms with E-state index in [0.717, 1.165) is 57.8 Å². The predicted octanol–water partition coefficient (Wildman–Crippen LogP) is 25.8. The number of carbonyl (C=O) groups is 3. The van der Waals surface area contributed by atoms with Gasteiger partial charge < -0.3 is 14.2 Å². The Morgan fingerprint density at radius 2 is 0.333 bits per heavy atom. The second kappa shape index (κ2) is 70.9. The molecule has 0 N–H and O–H groups in total. The Morgan fingerprint density at radius 1 is 0.198 bits per heavy atom. The fourth-order valence-electron chi connectivity index (χ4n) is 12.0. The van der Waals surface area contributed by atoms with Crippen LogP contribution in [0.2, 0.25) is 0 Å². The first-order valence-corrected chi connectivity index (χ1v) is 37.5. The lowest BCUT2D eigenvalue weighted by atomic mass is 10.0. The highest BCUT2D eigenvalue weighted by Gasteiger charge is 2.20. The van der Waals surface area contributed by atoms with Crippen molar-refractivity contribution < 1.29 is 28.6 Å². The summed E-state index contributed by atoms with van der Waals surface area (Å²) in [5, 5.41) is 0. The van der Waals surface area contributed by atoms with Gasteiger partial charge in [-0.1, -0.05) is 406 Å². The lowest BCUT2D eigenvalue weighted by Crippen LogP contribution is -2.30. The maximum Gasteiger partial charge on any atom is 0.306 e. The number of unbranched alkanes of at least 4 members (excludes halogenated alkanes) is 60. The van der Waals surface area contributed by atoms with Gasteiger partial charge in [-0.15, -0.1) is 0 Å². The number of hydrogen-bond acceptors (Lipinski definition) is 6. The highest BCUT2D eigenvalue weighted by molar-refractivity contribution is 5.71. The van der Waals surface area contributed by atoms with Crippen LogP contribution in [0.4, 0.5) is 0 Å². The lowest BCUT2D eigenvalue weighted by molar-refractivity contribution is -0.167. The molecule has 0 aromatic heterocycles. The van der Waals surface area contributed by atoms with Gasteiger partial charge in [-0.3, -0.25) is 14.4 Å². The van der Waals surface area contributed by atoms with E-state index in [1.165, 1.54) is 347 Å². The first-order chi connectivity index (χ1) is 40.0. The summed E-state index contributed by atoms with van der Waals surface area (Å²) in [6, 6.07) is 0. The molecule has 0 aliphatic heterocycles. The Bertz CT molecular complexity index is 1160. The van der Waals surface area contributed by atoms with E-state index in [1.807, 2.05) is 0 Å². The van der Waals surface area contributed by atoms with E-state index < -0.39 is 6.10 Å². The van der Waals surface area contributed by atoms with E-state index in [4.69, 9.17) is 14.2 Å². The van der Waals surface area contributed by atoms with Gasteiger partial charge in [-0.2, -0.15) is 0 Å². The summed E-state index contributed by atoms with van der Waals surface area (Å²) >= 11 is 0. The van der Waals surface area contributed by atoms with Crippen LogP contribution in [0.25, 0.3) is 0 Å². The van der Waals surface area contributed by atoms with Gasteiger partial charge >= 0.3 is 17.9 Å². The third kappa shape index (κ3) is 69.1. The zero-order valence-corrected chi connectivity index (χ0v) is 55.6. The van der Waals surface area contributed by atoms with Gasteiger partial charge in [-0.25, -0.2) is 0 Å². The molecule has 0 atom stereocenters. The third-order valence-corrected chi connectivity index (χ3v) is 17.6. The fourth-order valence-corrected chi connectivity index (χ4v) is 12.0. The van der Waals surface area contributed by atoms with Crippen molar-refractivity contribution in [3.63, 3.8) is 0 Å². The average Bonchev–Trinajstić information content (AvgIpc) is 3.47. The van der Waals surface area contributed by atoms with Crippen molar-refractivity contribution in [1.29, 1.82) is 0 Å². The molecule has 81 heavy (non-hydrogen) atoms. The molecule has 0 amide bonds. The third-order valence-electron chi connectivity index (χ3n) is 17.6.